The molecule has 0 radical (unpaired) electrons. The summed E-state index contributed by atoms with van der Waals surface area (Å²) in [5.41, 5.74) is 2.33. The first-order valence-electron chi connectivity index (χ1n) is 7.05. The van der Waals surface area contributed by atoms with Crippen LogP contribution in [0, 0.1) is 0 Å². The lowest BCUT2D eigenvalue weighted by Gasteiger charge is -2.35. The molecule has 1 saturated heterocycles. The third-order valence-corrected chi connectivity index (χ3v) is 4.52. The van der Waals surface area contributed by atoms with Crippen molar-refractivity contribution in [1.29, 1.82) is 0 Å². The zero-order valence-corrected chi connectivity index (χ0v) is 13.1. The summed E-state index contributed by atoms with van der Waals surface area (Å²) in [7, 11) is 0. The normalized spacial score (nSPS) is 17.6. The molecule has 1 aromatic carbocycles. The summed E-state index contributed by atoms with van der Waals surface area (Å²) in [6.07, 6.45) is 3.72. The van der Waals surface area contributed by atoms with E-state index in [9.17, 15) is 0 Å². The van der Waals surface area contributed by atoms with Gasteiger partial charge in [-0.1, -0.05) is 35.3 Å². The molecule has 110 valence electrons. The summed E-state index contributed by atoms with van der Waals surface area (Å²) in [5, 5.41) is 4.57. The van der Waals surface area contributed by atoms with Gasteiger partial charge >= 0.3 is 0 Å². The van der Waals surface area contributed by atoms with E-state index in [2.05, 4.69) is 21.3 Å². The summed E-state index contributed by atoms with van der Waals surface area (Å²) < 4.78 is 0. The van der Waals surface area contributed by atoms with E-state index in [4.69, 9.17) is 23.2 Å². The van der Waals surface area contributed by atoms with Gasteiger partial charge in [0.2, 0.25) is 0 Å². The number of rotatable bonds is 3. The molecule has 1 N–H and O–H groups in total. The highest BCUT2D eigenvalue weighted by Gasteiger charge is 2.24. The van der Waals surface area contributed by atoms with Crippen molar-refractivity contribution < 1.29 is 0 Å². The number of aromatic nitrogens is 1. The second-order valence-corrected chi connectivity index (χ2v) is 5.96. The molecule has 2 heterocycles. The van der Waals surface area contributed by atoms with Crippen LogP contribution >= 0.6 is 23.2 Å². The predicted octanol–water partition coefficient (Wildman–Crippen LogP) is 3.38. The highest BCUT2D eigenvalue weighted by molar-refractivity contribution is 6.42. The number of pyridine rings is 1. The molecule has 0 aliphatic carbocycles. The van der Waals surface area contributed by atoms with Gasteiger partial charge in [-0.3, -0.25) is 9.88 Å². The molecule has 1 fully saturated rings. The largest absolute Gasteiger partial charge is 0.314 e. The van der Waals surface area contributed by atoms with Gasteiger partial charge in [0, 0.05) is 38.6 Å². The van der Waals surface area contributed by atoms with Gasteiger partial charge in [-0.2, -0.15) is 0 Å². The van der Waals surface area contributed by atoms with Gasteiger partial charge in [0.25, 0.3) is 0 Å². The van der Waals surface area contributed by atoms with Crippen LogP contribution in [0.3, 0.4) is 0 Å². The topological polar surface area (TPSA) is 28.2 Å². The molecular formula is C16H17Cl2N3. The maximum atomic E-state index is 6.21. The van der Waals surface area contributed by atoms with Gasteiger partial charge < -0.3 is 5.32 Å². The molecular weight excluding hydrogens is 305 g/mol. The number of nitrogens with one attached hydrogen (secondary N) is 1. The van der Waals surface area contributed by atoms with Gasteiger partial charge in [0.05, 0.1) is 16.1 Å². The van der Waals surface area contributed by atoms with Gasteiger partial charge in [0.1, 0.15) is 0 Å². The molecule has 1 aliphatic heterocycles. The van der Waals surface area contributed by atoms with E-state index in [0.29, 0.717) is 10.0 Å². The van der Waals surface area contributed by atoms with Crippen molar-refractivity contribution in [2.24, 2.45) is 0 Å². The zero-order chi connectivity index (χ0) is 14.7. The van der Waals surface area contributed by atoms with Crippen molar-refractivity contribution in [2.45, 2.75) is 6.04 Å². The maximum Gasteiger partial charge on any atom is 0.0618 e. The van der Waals surface area contributed by atoms with Crippen LogP contribution in [-0.2, 0) is 0 Å². The molecule has 1 aliphatic rings. The fourth-order valence-corrected chi connectivity index (χ4v) is 3.08. The third-order valence-electron chi connectivity index (χ3n) is 3.78. The van der Waals surface area contributed by atoms with Crippen LogP contribution in [-0.4, -0.2) is 36.1 Å². The zero-order valence-electron chi connectivity index (χ0n) is 11.6. The number of nitrogens with zero attached hydrogens (tertiary/aromatic N) is 2. The van der Waals surface area contributed by atoms with Gasteiger partial charge in [-0.25, -0.2) is 0 Å². The van der Waals surface area contributed by atoms with Crippen LogP contribution in [0.2, 0.25) is 10.0 Å². The third kappa shape index (κ3) is 3.38. The minimum atomic E-state index is 0.163. The summed E-state index contributed by atoms with van der Waals surface area (Å²) >= 11 is 12.3. The monoisotopic (exact) mass is 321 g/mol. The summed E-state index contributed by atoms with van der Waals surface area (Å²) in [4.78, 5) is 6.72. The number of hydrogen-bond donors (Lipinski definition) is 1. The quantitative estimate of drug-likeness (QED) is 0.939. The van der Waals surface area contributed by atoms with E-state index >= 15 is 0 Å². The van der Waals surface area contributed by atoms with E-state index in [0.717, 1.165) is 31.7 Å². The van der Waals surface area contributed by atoms with Crippen LogP contribution in [0.25, 0.3) is 0 Å². The van der Waals surface area contributed by atoms with Gasteiger partial charge in [0.15, 0.2) is 0 Å². The Morgan fingerprint density at radius 1 is 1.05 bits per heavy atom. The van der Waals surface area contributed by atoms with Crippen molar-refractivity contribution in [3.8, 4) is 0 Å². The number of piperazine rings is 1. The molecule has 0 bridgehead atoms. The highest BCUT2D eigenvalue weighted by atomic mass is 35.5. The molecule has 3 nitrogen and oxygen atoms in total. The summed E-state index contributed by atoms with van der Waals surface area (Å²) in [6, 6.07) is 10.1. The summed E-state index contributed by atoms with van der Waals surface area (Å²) in [5.74, 6) is 0. The molecule has 3 rings (SSSR count). The second-order valence-electron chi connectivity index (χ2n) is 5.15. The predicted molar refractivity (Wildman–Crippen MR) is 87.0 cm³/mol. The SMILES string of the molecule is Clc1ccc(C(c2cccnc2)N2CCNCC2)cc1Cl. The first kappa shape index (κ1) is 14.8. The molecule has 2 aromatic rings. The Morgan fingerprint density at radius 2 is 1.86 bits per heavy atom. The Kier molecular flexibility index (Phi) is 4.76. The number of benzene rings is 1. The van der Waals surface area contributed by atoms with Gasteiger partial charge in [-0.15, -0.1) is 0 Å². The van der Waals surface area contributed by atoms with Crippen molar-refractivity contribution in [3.05, 3.63) is 63.9 Å². The van der Waals surface area contributed by atoms with Crippen LogP contribution in [0.1, 0.15) is 17.2 Å². The smallest absolute Gasteiger partial charge is 0.0618 e. The lowest BCUT2D eigenvalue weighted by atomic mass is 9.98. The lowest BCUT2D eigenvalue weighted by Crippen LogP contribution is -2.45. The first-order chi connectivity index (χ1) is 10.3. The van der Waals surface area contributed by atoms with E-state index in [1.807, 2.05) is 30.5 Å². The Balaban J connectivity index is 2.00. The highest BCUT2D eigenvalue weighted by Crippen LogP contribution is 2.32. The minimum Gasteiger partial charge on any atom is -0.314 e. The van der Waals surface area contributed by atoms with Crippen molar-refractivity contribution in [2.75, 3.05) is 26.2 Å². The Bertz CT molecular complexity index is 598. The van der Waals surface area contributed by atoms with E-state index < -0.39 is 0 Å². The Hall–Kier alpha value is -1.13. The van der Waals surface area contributed by atoms with Crippen molar-refractivity contribution in [1.82, 2.24) is 15.2 Å². The van der Waals surface area contributed by atoms with Crippen molar-refractivity contribution >= 4 is 23.2 Å². The molecule has 0 saturated carbocycles. The fraction of sp³-hybridized carbons (Fsp3) is 0.312. The number of hydrogen-bond acceptors (Lipinski definition) is 3. The molecule has 1 unspecified atom stereocenters. The van der Waals surface area contributed by atoms with Crippen LogP contribution in [0.4, 0.5) is 0 Å². The lowest BCUT2D eigenvalue weighted by molar-refractivity contribution is 0.198. The maximum absolute atomic E-state index is 6.21. The standard InChI is InChI=1S/C16H17Cl2N3/c17-14-4-3-12(10-15(14)18)16(13-2-1-5-20-11-13)21-8-6-19-7-9-21/h1-5,10-11,16,19H,6-9H2. The summed E-state index contributed by atoms with van der Waals surface area (Å²) in [6.45, 7) is 4.00. The molecule has 1 atom stereocenters. The van der Waals surface area contributed by atoms with Crippen LogP contribution < -0.4 is 5.32 Å². The van der Waals surface area contributed by atoms with Crippen LogP contribution in [0.5, 0.6) is 0 Å². The second kappa shape index (κ2) is 6.75. The fourth-order valence-electron chi connectivity index (χ4n) is 2.77. The minimum absolute atomic E-state index is 0.163. The Labute approximate surface area is 134 Å². The van der Waals surface area contributed by atoms with E-state index in [1.165, 1.54) is 5.56 Å². The molecule has 0 spiro atoms. The average molecular weight is 322 g/mol. The average Bonchev–Trinajstić information content (AvgIpc) is 2.53. The van der Waals surface area contributed by atoms with Gasteiger partial charge in [-0.05, 0) is 29.3 Å². The van der Waals surface area contributed by atoms with E-state index in [-0.39, 0.29) is 6.04 Å². The van der Waals surface area contributed by atoms with E-state index in [1.54, 1.807) is 6.20 Å². The molecule has 1 aromatic heterocycles. The van der Waals surface area contributed by atoms with Crippen LogP contribution in [0.15, 0.2) is 42.7 Å². The molecule has 5 heteroatoms. The van der Waals surface area contributed by atoms with Crippen molar-refractivity contribution in [3.63, 3.8) is 0 Å². The Morgan fingerprint density at radius 3 is 2.52 bits per heavy atom. The number of halogens is 2. The molecule has 0 amide bonds. The molecule has 21 heavy (non-hydrogen) atoms. The first-order valence-corrected chi connectivity index (χ1v) is 7.81.